The maximum atomic E-state index is 11.8. The van der Waals surface area contributed by atoms with E-state index in [1.165, 1.54) is 0 Å². The van der Waals surface area contributed by atoms with Crippen molar-refractivity contribution < 1.29 is 14.7 Å². The number of anilines is 1. The van der Waals surface area contributed by atoms with E-state index in [0.29, 0.717) is 18.3 Å². The first-order chi connectivity index (χ1) is 9.85. The van der Waals surface area contributed by atoms with E-state index in [2.05, 4.69) is 34.4 Å². The predicted octanol–water partition coefficient (Wildman–Crippen LogP) is 1.87. The number of rotatable bonds is 7. The highest BCUT2D eigenvalue weighted by Gasteiger charge is 2.15. The first kappa shape index (κ1) is 17.0. The number of H-pyrrole nitrogens is 1. The molecule has 0 bridgehead atoms. The maximum absolute atomic E-state index is 11.8. The second kappa shape index (κ2) is 7.68. The minimum atomic E-state index is -1.10. The topological polar surface area (TPSA) is 97.5 Å². The van der Waals surface area contributed by atoms with Crippen LogP contribution in [0.25, 0.3) is 0 Å². The fraction of sp³-hybridized carbons (Fsp3) is 0.571. The van der Waals surface area contributed by atoms with E-state index in [9.17, 15) is 9.59 Å². The van der Waals surface area contributed by atoms with E-state index in [4.69, 9.17) is 5.11 Å². The molecule has 118 valence electrons. The summed E-state index contributed by atoms with van der Waals surface area (Å²) in [5.41, 5.74) is 0.936. The van der Waals surface area contributed by atoms with Crippen LogP contribution in [0.2, 0.25) is 0 Å². The number of amides is 2. The molecule has 1 unspecified atom stereocenters. The summed E-state index contributed by atoms with van der Waals surface area (Å²) in [6, 6.07) is 1.64. The van der Waals surface area contributed by atoms with Gasteiger partial charge in [-0.25, -0.2) is 9.59 Å². The van der Waals surface area contributed by atoms with Crippen LogP contribution in [-0.4, -0.2) is 53.2 Å². The number of hydrogen-bond acceptors (Lipinski definition) is 3. The fourth-order valence-corrected chi connectivity index (χ4v) is 1.90. The largest absolute Gasteiger partial charge is 0.477 e. The van der Waals surface area contributed by atoms with Crippen molar-refractivity contribution in [2.75, 3.05) is 25.5 Å². The van der Waals surface area contributed by atoms with Gasteiger partial charge in [0.25, 0.3) is 0 Å². The van der Waals surface area contributed by atoms with E-state index in [-0.39, 0.29) is 11.4 Å². The molecule has 0 spiro atoms. The van der Waals surface area contributed by atoms with Gasteiger partial charge in [0, 0.05) is 24.8 Å². The zero-order valence-electron chi connectivity index (χ0n) is 13.0. The molecule has 0 radical (unpaired) electrons. The Morgan fingerprint density at radius 1 is 1.48 bits per heavy atom. The quantitative estimate of drug-likeness (QED) is 0.617. The third-order valence-corrected chi connectivity index (χ3v) is 3.51. The number of carbonyl (C=O) groups excluding carboxylic acids is 1. The molecule has 0 aliphatic rings. The minimum absolute atomic E-state index is 0.0145. The highest BCUT2D eigenvalue weighted by atomic mass is 16.4. The number of carbonyl (C=O) groups is 2. The van der Waals surface area contributed by atoms with Crippen LogP contribution in [0.4, 0.5) is 10.5 Å². The highest BCUT2D eigenvalue weighted by molar-refractivity contribution is 5.99. The van der Waals surface area contributed by atoms with Gasteiger partial charge in [-0.3, -0.25) is 0 Å². The van der Waals surface area contributed by atoms with Gasteiger partial charge < -0.3 is 25.6 Å². The van der Waals surface area contributed by atoms with Crippen LogP contribution in [-0.2, 0) is 0 Å². The van der Waals surface area contributed by atoms with Gasteiger partial charge in [0.2, 0.25) is 0 Å². The number of carboxylic acid groups (broad SMARTS) is 1. The van der Waals surface area contributed by atoms with E-state index >= 15 is 0 Å². The highest BCUT2D eigenvalue weighted by Crippen LogP contribution is 2.16. The normalized spacial score (nSPS) is 12.2. The Kier molecular flexibility index (Phi) is 6.23. The van der Waals surface area contributed by atoms with Gasteiger partial charge in [-0.2, -0.15) is 0 Å². The Morgan fingerprint density at radius 2 is 2.14 bits per heavy atom. The Bertz CT molecular complexity index is 498. The molecule has 21 heavy (non-hydrogen) atoms. The molecule has 1 aromatic rings. The molecule has 1 aromatic heterocycles. The third-order valence-electron chi connectivity index (χ3n) is 3.51. The van der Waals surface area contributed by atoms with Crippen molar-refractivity contribution in [3.05, 3.63) is 17.5 Å². The fourth-order valence-electron chi connectivity index (χ4n) is 1.90. The molecular weight excluding hydrogens is 272 g/mol. The van der Waals surface area contributed by atoms with Crippen molar-refractivity contribution in [1.82, 2.24) is 15.2 Å². The smallest absolute Gasteiger partial charge is 0.354 e. The number of aromatic nitrogens is 1. The van der Waals surface area contributed by atoms with Crippen LogP contribution in [0.15, 0.2) is 6.07 Å². The average Bonchev–Trinajstić information content (AvgIpc) is 2.78. The minimum Gasteiger partial charge on any atom is -0.477 e. The number of likely N-dealkylation sites (N-methyl/N-ethyl adjacent to an activating group) is 1. The standard InChI is InChI=1S/C14H24N4O3/c1-5-10(3)18(4)7-6-15-14(21)17-11-8-9(2)16-12(11)13(19)20/h8,10,16H,5-7H2,1-4H3,(H,19,20)(H2,15,17,21). The van der Waals surface area contributed by atoms with E-state index in [1.807, 2.05) is 7.05 Å². The van der Waals surface area contributed by atoms with Gasteiger partial charge in [-0.1, -0.05) is 6.92 Å². The number of urea groups is 1. The number of aromatic carboxylic acids is 1. The SMILES string of the molecule is CCC(C)N(C)CCNC(=O)Nc1cc(C)[nH]c1C(=O)O. The molecule has 0 saturated heterocycles. The maximum Gasteiger partial charge on any atom is 0.354 e. The average molecular weight is 296 g/mol. The monoisotopic (exact) mass is 296 g/mol. The van der Waals surface area contributed by atoms with Gasteiger partial charge in [-0.05, 0) is 33.4 Å². The van der Waals surface area contributed by atoms with Crippen LogP contribution >= 0.6 is 0 Å². The second-order valence-corrected chi connectivity index (χ2v) is 5.16. The first-order valence-corrected chi connectivity index (χ1v) is 7.03. The Hall–Kier alpha value is -2.02. The van der Waals surface area contributed by atoms with Crippen LogP contribution in [0, 0.1) is 6.92 Å². The number of aromatic amines is 1. The molecule has 0 fully saturated rings. The Morgan fingerprint density at radius 3 is 2.71 bits per heavy atom. The lowest BCUT2D eigenvalue weighted by molar-refractivity contribution is 0.0692. The van der Waals surface area contributed by atoms with Crippen molar-refractivity contribution in [3.63, 3.8) is 0 Å². The summed E-state index contributed by atoms with van der Waals surface area (Å²) in [5.74, 6) is -1.10. The predicted molar refractivity (Wildman–Crippen MR) is 81.9 cm³/mol. The lowest BCUT2D eigenvalue weighted by Crippen LogP contribution is -2.38. The number of hydrogen-bond donors (Lipinski definition) is 4. The van der Waals surface area contributed by atoms with Gasteiger partial charge in [-0.15, -0.1) is 0 Å². The number of aryl methyl sites for hydroxylation is 1. The summed E-state index contributed by atoms with van der Waals surface area (Å²) < 4.78 is 0. The number of nitrogens with zero attached hydrogens (tertiary/aromatic N) is 1. The molecule has 0 saturated carbocycles. The molecule has 2 amide bonds. The molecule has 0 aliphatic heterocycles. The molecular formula is C14H24N4O3. The van der Waals surface area contributed by atoms with Crippen molar-refractivity contribution in [2.24, 2.45) is 0 Å². The van der Waals surface area contributed by atoms with Gasteiger partial charge in [0.1, 0.15) is 5.69 Å². The van der Waals surface area contributed by atoms with Gasteiger partial charge in [0.05, 0.1) is 5.69 Å². The molecule has 0 aliphatic carbocycles. The molecule has 1 heterocycles. The summed E-state index contributed by atoms with van der Waals surface area (Å²) in [6.07, 6.45) is 1.05. The molecule has 4 N–H and O–H groups in total. The molecule has 1 atom stereocenters. The summed E-state index contributed by atoms with van der Waals surface area (Å²) >= 11 is 0. The molecule has 7 heteroatoms. The van der Waals surface area contributed by atoms with Crippen LogP contribution < -0.4 is 10.6 Å². The van der Waals surface area contributed by atoms with Crippen molar-refractivity contribution in [1.29, 1.82) is 0 Å². The summed E-state index contributed by atoms with van der Waals surface area (Å²) in [6.45, 7) is 7.21. The lowest BCUT2D eigenvalue weighted by atomic mass is 10.2. The summed E-state index contributed by atoms with van der Waals surface area (Å²) in [4.78, 5) is 27.6. The van der Waals surface area contributed by atoms with Crippen LogP contribution in [0.3, 0.4) is 0 Å². The molecule has 1 rings (SSSR count). The number of carboxylic acids is 1. The van der Waals surface area contributed by atoms with Crippen LogP contribution in [0.1, 0.15) is 36.5 Å². The molecule has 0 aromatic carbocycles. The Balaban J connectivity index is 2.46. The Labute approximate surface area is 124 Å². The summed E-state index contributed by atoms with van der Waals surface area (Å²) in [5, 5.41) is 14.3. The number of nitrogens with one attached hydrogen (secondary N) is 3. The van der Waals surface area contributed by atoms with Crippen LogP contribution in [0.5, 0.6) is 0 Å². The zero-order valence-corrected chi connectivity index (χ0v) is 13.0. The second-order valence-electron chi connectivity index (χ2n) is 5.16. The first-order valence-electron chi connectivity index (χ1n) is 7.03. The third kappa shape index (κ3) is 5.11. The van der Waals surface area contributed by atoms with Crippen molar-refractivity contribution in [2.45, 2.75) is 33.2 Å². The van der Waals surface area contributed by atoms with E-state index < -0.39 is 12.0 Å². The van der Waals surface area contributed by atoms with Gasteiger partial charge in [0.15, 0.2) is 0 Å². The van der Waals surface area contributed by atoms with E-state index in [0.717, 1.165) is 13.0 Å². The lowest BCUT2D eigenvalue weighted by Gasteiger charge is -2.23. The van der Waals surface area contributed by atoms with E-state index in [1.54, 1.807) is 13.0 Å². The van der Waals surface area contributed by atoms with Crippen molar-refractivity contribution in [3.8, 4) is 0 Å². The molecule has 7 nitrogen and oxygen atoms in total. The zero-order chi connectivity index (χ0) is 16.0. The van der Waals surface area contributed by atoms with Crippen molar-refractivity contribution >= 4 is 17.7 Å². The summed E-state index contributed by atoms with van der Waals surface area (Å²) in [7, 11) is 2.01. The van der Waals surface area contributed by atoms with Gasteiger partial charge >= 0.3 is 12.0 Å².